The number of nitrogens with one attached hydrogen (secondary N) is 1. The van der Waals surface area contributed by atoms with Gasteiger partial charge in [0.25, 0.3) is 0 Å². The highest BCUT2D eigenvalue weighted by molar-refractivity contribution is 5.72. The van der Waals surface area contributed by atoms with Crippen molar-refractivity contribution in [3.8, 4) is 6.07 Å². The summed E-state index contributed by atoms with van der Waals surface area (Å²) in [6.07, 6.45) is 3.27. The van der Waals surface area contributed by atoms with Gasteiger partial charge in [-0.3, -0.25) is 4.79 Å². The first kappa shape index (κ1) is 14.1. The molecule has 0 aliphatic heterocycles. The van der Waals surface area contributed by atoms with Crippen LogP contribution in [0.15, 0.2) is 18.2 Å². The lowest BCUT2D eigenvalue weighted by atomic mass is 9.84. The minimum atomic E-state index is -0.656. The topological polar surface area (TPSA) is 73.1 Å². The number of carboxylic acid groups (broad SMARTS) is 1. The Morgan fingerprint density at radius 1 is 1.43 bits per heavy atom. The van der Waals surface area contributed by atoms with Crippen molar-refractivity contribution < 1.29 is 9.90 Å². The van der Waals surface area contributed by atoms with E-state index in [0.717, 1.165) is 30.4 Å². The molecule has 0 radical (unpaired) electrons. The zero-order chi connectivity index (χ0) is 15.0. The molecule has 2 aliphatic carbocycles. The van der Waals surface area contributed by atoms with Crippen LogP contribution in [-0.4, -0.2) is 17.1 Å². The summed E-state index contributed by atoms with van der Waals surface area (Å²) in [6, 6.07) is 7.89. The maximum Gasteiger partial charge on any atom is 0.308 e. The molecule has 1 aromatic rings. The Balaban J connectivity index is 1.70. The van der Waals surface area contributed by atoms with Gasteiger partial charge >= 0.3 is 5.97 Å². The van der Waals surface area contributed by atoms with Crippen LogP contribution in [0, 0.1) is 36.0 Å². The lowest BCUT2D eigenvalue weighted by Crippen LogP contribution is -2.43. The lowest BCUT2D eigenvalue weighted by molar-refractivity contribution is -0.144. The molecule has 0 amide bonds. The number of rotatable bonds is 4. The van der Waals surface area contributed by atoms with Crippen LogP contribution in [0.3, 0.4) is 0 Å². The molecule has 4 unspecified atom stereocenters. The number of carboxylic acids is 1. The summed E-state index contributed by atoms with van der Waals surface area (Å²) < 4.78 is 0. The van der Waals surface area contributed by atoms with Gasteiger partial charge in [0.05, 0.1) is 17.6 Å². The van der Waals surface area contributed by atoms with Crippen LogP contribution >= 0.6 is 0 Å². The summed E-state index contributed by atoms with van der Waals surface area (Å²) in [5, 5.41) is 21.8. The monoisotopic (exact) mass is 284 g/mol. The quantitative estimate of drug-likeness (QED) is 0.890. The highest BCUT2D eigenvalue weighted by Gasteiger charge is 2.50. The molecule has 2 N–H and O–H groups in total. The molecule has 4 atom stereocenters. The third-order valence-electron chi connectivity index (χ3n) is 5.20. The predicted octanol–water partition coefficient (Wildman–Crippen LogP) is 2.46. The van der Waals surface area contributed by atoms with Crippen LogP contribution in [0.25, 0.3) is 0 Å². The summed E-state index contributed by atoms with van der Waals surface area (Å²) in [4.78, 5) is 11.5. The van der Waals surface area contributed by atoms with Crippen LogP contribution in [0.4, 0.5) is 0 Å². The van der Waals surface area contributed by atoms with Crippen molar-refractivity contribution in [2.24, 2.45) is 17.8 Å². The minimum absolute atomic E-state index is 0.0938. The maximum atomic E-state index is 11.5. The molecule has 2 fully saturated rings. The largest absolute Gasteiger partial charge is 0.481 e. The average molecular weight is 284 g/mol. The first-order valence-corrected chi connectivity index (χ1v) is 7.56. The van der Waals surface area contributed by atoms with Gasteiger partial charge in [0.2, 0.25) is 0 Å². The van der Waals surface area contributed by atoms with E-state index in [9.17, 15) is 9.90 Å². The van der Waals surface area contributed by atoms with Gasteiger partial charge in [0.15, 0.2) is 0 Å². The number of benzene rings is 1. The van der Waals surface area contributed by atoms with Gasteiger partial charge < -0.3 is 10.4 Å². The molecule has 4 nitrogen and oxygen atoms in total. The van der Waals surface area contributed by atoms with Crippen LogP contribution < -0.4 is 5.32 Å². The van der Waals surface area contributed by atoms with E-state index in [-0.39, 0.29) is 12.0 Å². The fourth-order valence-corrected chi connectivity index (χ4v) is 4.13. The summed E-state index contributed by atoms with van der Waals surface area (Å²) in [5.74, 6) is -0.0273. The summed E-state index contributed by atoms with van der Waals surface area (Å²) >= 11 is 0. The second-order valence-electron chi connectivity index (χ2n) is 6.36. The van der Waals surface area contributed by atoms with Crippen LogP contribution in [-0.2, 0) is 11.3 Å². The highest BCUT2D eigenvalue weighted by Crippen LogP contribution is 2.48. The van der Waals surface area contributed by atoms with E-state index in [1.165, 1.54) is 0 Å². The maximum absolute atomic E-state index is 11.5. The molecule has 2 bridgehead atoms. The normalized spacial score (nSPS) is 30.3. The van der Waals surface area contributed by atoms with Gasteiger partial charge in [-0.2, -0.15) is 5.26 Å². The molecule has 4 heteroatoms. The molecular formula is C17H20N2O2. The smallest absolute Gasteiger partial charge is 0.308 e. The number of hydrogen-bond acceptors (Lipinski definition) is 3. The summed E-state index contributed by atoms with van der Waals surface area (Å²) in [5.41, 5.74) is 2.89. The van der Waals surface area contributed by atoms with E-state index >= 15 is 0 Å². The molecule has 2 saturated carbocycles. The molecule has 0 spiro atoms. The number of carbonyl (C=O) groups is 1. The Kier molecular flexibility index (Phi) is 3.69. The van der Waals surface area contributed by atoms with Gasteiger partial charge in [-0.15, -0.1) is 0 Å². The SMILES string of the molecule is Cc1cc(C#N)ccc1CNC1C2CCC(C2)C1C(=O)O. The van der Waals surface area contributed by atoms with E-state index in [4.69, 9.17) is 5.26 Å². The number of nitrogens with zero attached hydrogens (tertiary/aromatic N) is 1. The van der Waals surface area contributed by atoms with Crippen molar-refractivity contribution in [1.82, 2.24) is 5.32 Å². The summed E-state index contributed by atoms with van der Waals surface area (Å²) in [7, 11) is 0. The van der Waals surface area contributed by atoms with Crippen molar-refractivity contribution in [2.75, 3.05) is 0 Å². The molecular weight excluding hydrogens is 264 g/mol. The van der Waals surface area contributed by atoms with Crippen molar-refractivity contribution >= 4 is 5.97 Å². The second kappa shape index (κ2) is 5.50. The number of nitriles is 1. The fraction of sp³-hybridized carbons (Fsp3) is 0.529. The average Bonchev–Trinajstić information content (AvgIpc) is 3.06. The minimum Gasteiger partial charge on any atom is -0.481 e. The predicted molar refractivity (Wildman–Crippen MR) is 78.5 cm³/mol. The summed E-state index contributed by atoms with van der Waals surface area (Å²) in [6.45, 7) is 2.67. The molecule has 0 heterocycles. The van der Waals surface area contributed by atoms with Gasteiger partial charge in [0, 0.05) is 12.6 Å². The Hall–Kier alpha value is -1.86. The lowest BCUT2D eigenvalue weighted by Gasteiger charge is -2.29. The third-order valence-corrected chi connectivity index (χ3v) is 5.20. The molecule has 2 aliphatic rings. The first-order chi connectivity index (χ1) is 10.1. The number of fused-ring (bicyclic) bond motifs is 2. The van der Waals surface area contributed by atoms with E-state index < -0.39 is 5.97 Å². The molecule has 3 rings (SSSR count). The van der Waals surface area contributed by atoms with Crippen molar-refractivity contribution in [1.29, 1.82) is 5.26 Å². The Bertz CT molecular complexity index is 605. The molecule has 1 aromatic carbocycles. The Labute approximate surface area is 124 Å². The van der Waals surface area contributed by atoms with Gasteiger partial charge in [-0.25, -0.2) is 0 Å². The second-order valence-corrected chi connectivity index (χ2v) is 6.36. The van der Waals surface area contributed by atoms with Crippen LogP contribution in [0.1, 0.15) is 36.0 Å². The van der Waals surface area contributed by atoms with Crippen molar-refractivity contribution in [3.63, 3.8) is 0 Å². The third kappa shape index (κ3) is 2.54. The van der Waals surface area contributed by atoms with Crippen LogP contribution in [0.5, 0.6) is 0 Å². The molecule has 0 saturated heterocycles. The van der Waals surface area contributed by atoms with E-state index in [1.54, 1.807) is 0 Å². The Morgan fingerprint density at radius 2 is 2.19 bits per heavy atom. The molecule has 21 heavy (non-hydrogen) atoms. The van der Waals surface area contributed by atoms with Gasteiger partial charge in [-0.1, -0.05) is 6.07 Å². The first-order valence-electron chi connectivity index (χ1n) is 7.56. The van der Waals surface area contributed by atoms with E-state index in [0.29, 0.717) is 23.9 Å². The Morgan fingerprint density at radius 3 is 2.86 bits per heavy atom. The van der Waals surface area contributed by atoms with E-state index in [2.05, 4.69) is 11.4 Å². The number of hydrogen-bond donors (Lipinski definition) is 2. The van der Waals surface area contributed by atoms with Gasteiger partial charge in [-0.05, 0) is 61.3 Å². The standard InChI is InChI=1S/C17H20N2O2/c1-10-6-11(8-18)2-3-14(10)9-19-16-13-5-4-12(7-13)15(16)17(20)21/h2-3,6,12-13,15-16,19H,4-5,7,9H2,1H3,(H,20,21). The fourth-order valence-electron chi connectivity index (χ4n) is 4.13. The van der Waals surface area contributed by atoms with Crippen LogP contribution in [0.2, 0.25) is 0 Å². The van der Waals surface area contributed by atoms with Crippen molar-refractivity contribution in [2.45, 2.75) is 38.8 Å². The molecule has 110 valence electrons. The number of aryl methyl sites for hydroxylation is 1. The zero-order valence-electron chi connectivity index (χ0n) is 12.2. The van der Waals surface area contributed by atoms with Crippen molar-refractivity contribution in [3.05, 3.63) is 34.9 Å². The number of aliphatic carboxylic acids is 1. The zero-order valence-corrected chi connectivity index (χ0v) is 12.2. The van der Waals surface area contributed by atoms with E-state index in [1.807, 2.05) is 25.1 Å². The van der Waals surface area contributed by atoms with Gasteiger partial charge in [0.1, 0.15) is 0 Å². The molecule has 0 aromatic heterocycles. The highest BCUT2D eigenvalue weighted by atomic mass is 16.4.